The van der Waals surface area contributed by atoms with Crippen LogP contribution in [0.2, 0.25) is 0 Å². The summed E-state index contributed by atoms with van der Waals surface area (Å²) in [5, 5.41) is 0.239. The molecule has 0 aromatic heterocycles. The molecule has 1 aromatic carbocycles. The number of hydrogen-bond acceptors (Lipinski definition) is 2. The Morgan fingerprint density at radius 2 is 2.00 bits per heavy atom. The monoisotopic (exact) mass is 209 g/mol. The zero-order valence-electron chi connectivity index (χ0n) is 8.37. The molecule has 4 heteroatoms. The molecule has 0 amide bonds. The van der Waals surface area contributed by atoms with Gasteiger partial charge in [-0.1, -0.05) is 32.0 Å². The third-order valence-electron chi connectivity index (χ3n) is 1.90. The van der Waals surface area contributed by atoms with Gasteiger partial charge in [-0.05, 0) is 29.8 Å². The minimum atomic E-state index is 0.239. The Hall–Kier alpha value is -1.29. The molecule has 3 nitrogen and oxygen atoms in total. The average molecular weight is 209 g/mol. The number of rotatable bonds is 3. The highest BCUT2D eigenvalue weighted by atomic mass is 32.1. The molecule has 4 N–H and O–H groups in total. The standard InChI is InChI=1S/C10H15N3S/c1-7(2)8-5-3-4-6-9(8)12-13-10(11)14/h3-7,12H,1-2H3,(H3,11,13,14). The molecule has 14 heavy (non-hydrogen) atoms. The van der Waals surface area contributed by atoms with Gasteiger partial charge in [0.25, 0.3) is 0 Å². The van der Waals surface area contributed by atoms with E-state index in [1.54, 1.807) is 0 Å². The van der Waals surface area contributed by atoms with Crippen LogP contribution in [0, 0.1) is 0 Å². The van der Waals surface area contributed by atoms with E-state index in [1.807, 2.05) is 18.2 Å². The lowest BCUT2D eigenvalue weighted by atomic mass is 10.0. The van der Waals surface area contributed by atoms with Crippen LogP contribution in [0.25, 0.3) is 0 Å². The highest BCUT2D eigenvalue weighted by Crippen LogP contribution is 2.22. The molecule has 0 radical (unpaired) electrons. The highest BCUT2D eigenvalue weighted by Gasteiger charge is 2.04. The van der Waals surface area contributed by atoms with Crippen LogP contribution in [-0.4, -0.2) is 5.11 Å². The fourth-order valence-corrected chi connectivity index (χ4v) is 1.29. The van der Waals surface area contributed by atoms with Crippen LogP contribution in [0.4, 0.5) is 5.69 Å². The molecule has 76 valence electrons. The van der Waals surface area contributed by atoms with Gasteiger partial charge in [0.05, 0.1) is 5.69 Å². The van der Waals surface area contributed by atoms with Gasteiger partial charge in [0.2, 0.25) is 0 Å². The molecule has 0 saturated carbocycles. The second-order valence-electron chi connectivity index (χ2n) is 3.36. The lowest BCUT2D eigenvalue weighted by Gasteiger charge is -2.14. The number of thiocarbonyl (C=S) groups is 1. The van der Waals surface area contributed by atoms with E-state index < -0.39 is 0 Å². The summed E-state index contributed by atoms with van der Waals surface area (Å²) in [4.78, 5) is 0. The van der Waals surface area contributed by atoms with Crippen LogP contribution in [0.5, 0.6) is 0 Å². The van der Waals surface area contributed by atoms with Crippen LogP contribution in [0.15, 0.2) is 24.3 Å². The van der Waals surface area contributed by atoms with E-state index in [2.05, 4.69) is 30.8 Å². The summed E-state index contributed by atoms with van der Waals surface area (Å²) in [5.74, 6) is 0.465. The zero-order chi connectivity index (χ0) is 10.6. The van der Waals surface area contributed by atoms with E-state index in [0.29, 0.717) is 5.92 Å². The van der Waals surface area contributed by atoms with Gasteiger partial charge in [-0.25, -0.2) is 0 Å². The minimum Gasteiger partial charge on any atom is -0.375 e. The molecule has 0 atom stereocenters. The third kappa shape index (κ3) is 2.88. The van der Waals surface area contributed by atoms with Gasteiger partial charge in [0.15, 0.2) is 5.11 Å². The Morgan fingerprint density at radius 3 is 2.57 bits per heavy atom. The molecule has 0 unspecified atom stereocenters. The molecule has 0 saturated heterocycles. The number of nitrogens with two attached hydrogens (primary N) is 1. The first kappa shape index (κ1) is 10.8. The molecule has 0 aliphatic heterocycles. The summed E-state index contributed by atoms with van der Waals surface area (Å²) in [6.45, 7) is 4.28. The normalized spacial score (nSPS) is 9.93. The van der Waals surface area contributed by atoms with E-state index in [9.17, 15) is 0 Å². The van der Waals surface area contributed by atoms with Gasteiger partial charge in [0.1, 0.15) is 0 Å². The molecule has 1 aromatic rings. The van der Waals surface area contributed by atoms with Crippen LogP contribution in [0.3, 0.4) is 0 Å². The van der Waals surface area contributed by atoms with Gasteiger partial charge in [-0.3, -0.25) is 10.9 Å². The van der Waals surface area contributed by atoms with Crippen LogP contribution in [0.1, 0.15) is 25.3 Å². The topological polar surface area (TPSA) is 50.1 Å². The van der Waals surface area contributed by atoms with Gasteiger partial charge >= 0.3 is 0 Å². The van der Waals surface area contributed by atoms with Crippen LogP contribution in [-0.2, 0) is 0 Å². The van der Waals surface area contributed by atoms with Crippen molar-refractivity contribution in [2.75, 3.05) is 5.43 Å². The fourth-order valence-electron chi connectivity index (χ4n) is 1.24. The Kier molecular flexibility index (Phi) is 3.71. The largest absolute Gasteiger partial charge is 0.375 e. The molecule has 0 heterocycles. The van der Waals surface area contributed by atoms with Crippen LogP contribution >= 0.6 is 12.2 Å². The maximum absolute atomic E-state index is 5.32. The molecule has 0 aliphatic carbocycles. The van der Waals surface area contributed by atoms with Gasteiger partial charge in [-0.15, -0.1) is 0 Å². The Bertz CT molecular complexity index is 323. The van der Waals surface area contributed by atoms with Crippen LogP contribution < -0.4 is 16.6 Å². The number of anilines is 1. The third-order valence-corrected chi connectivity index (χ3v) is 2.01. The highest BCUT2D eigenvalue weighted by molar-refractivity contribution is 7.80. The summed E-state index contributed by atoms with van der Waals surface area (Å²) in [5.41, 5.74) is 13.3. The van der Waals surface area contributed by atoms with Gasteiger partial charge in [0, 0.05) is 0 Å². The first-order valence-corrected chi connectivity index (χ1v) is 4.92. The van der Waals surface area contributed by atoms with E-state index >= 15 is 0 Å². The van der Waals surface area contributed by atoms with Crippen molar-refractivity contribution in [3.05, 3.63) is 29.8 Å². The maximum atomic E-state index is 5.32. The van der Waals surface area contributed by atoms with E-state index in [4.69, 9.17) is 18.0 Å². The lowest BCUT2D eigenvalue weighted by molar-refractivity contribution is 0.864. The summed E-state index contributed by atoms with van der Waals surface area (Å²) in [6, 6.07) is 8.05. The summed E-state index contributed by atoms with van der Waals surface area (Å²) in [6.07, 6.45) is 0. The lowest BCUT2D eigenvalue weighted by Crippen LogP contribution is -2.34. The second kappa shape index (κ2) is 4.81. The van der Waals surface area contributed by atoms with E-state index in [0.717, 1.165) is 5.69 Å². The molecule has 1 rings (SSSR count). The van der Waals surface area contributed by atoms with Crippen molar-refractivity contribution >= 4 is 23.0 Å². The first-order valence-electron chi connectivity index (χ1n) is 4.51. The van der Waals surface area contributed by atoms with Gasteiger partial charge in [-0.2, -0.15) is 0 Å². The summed E-state index contributed by atoms with van der Waals surface area (Å²) in [7, 11) is 0. The Morgan fingerprint density at radius 1 is 1.36 bits per heavy atom. The molecular weight excluding hydrogens is 194 g/mol. The Balaban J connectivity index is 2.79. The predicted octanol–water partition coefficient (Wildman–Crippen LogP) is 1.97. The number of nitrogens with one attached hydrogen (secondary N) is 2. The second-order valence-corrected chi connectivity index (χ2v) is 3.80. The molecule has 0 bridgehead atoms. The molecular formula is C10H15N3S. The quantitative estimate of drug-likeness (QED) is 0.526. The predicted molar refractivity (Wildman–Crippen MR) is 64.1 cm³/mol. The van der Waals surface area contributed by atoms with Gasteiger partial charge < -0.3 is 5.73 Å². The molecule has 0 aliphatic rings. The van der Waals surface area contributed by atoms with Crippen molar-refractivity contribution in [3.8, 4) is 0 Å². The summed E-state index contributed by atoms with van der Waals surface area (Å²) >= 11 is 4.71. The average Bonchev–Trinajstić information content (AvgIpc) is 2.15. The van der Waals surface area contributed by atoms with Crippen molar-refractivity contribution in [2.45, 2.75) is 19.8 Å². The maximum Gasteiger partial charge on any atom is 0.182 e. The van der Waals surface area contributed by atoms with Crippen molar-refractivity contribution in [3.63, 3.8) is 0 Å². The number of hydrazine groups is 1. The smallest absolute Gasteiger partial charge is 0.182 e. The summed E-state index contributed by atoms with van der Waals surface area (Å²) < 4.78 is 0. The first-order chi connectivity index (χ1) is 6.61. The zero-order valence-corrected chi connectivity index (χ0v) is 9.19. The minimum absolute atomic E-state index is 0.239. The number of para-hydroxylation sites is 1. The van der Waals surface area contributed by atoms with E-state index in [1.165, 1.54) is 5.56 Å². The van der Waals surface area contributed by atoms with Crippen molar-refractivity contribution in [1.29, 1.82) is 0 Å². The van der Waals surface area contributed by atoms with Crippen molar-refractivity contribution in [2.24, 2.45) is 5.73 Å². The molecule has 0 spiro atoms. The fraction of sp³-hybridized carbons (Fsp3) is 0.300. The van der Waals surface area contributed by atoms with E-state index in [-0.39, 0.29) is 5.11 Å². The Labute approximate surface area is 89.7 Å². The number of hydrogen-bond donors (Lipinski definition) is 3. The van der Waals surface area contributed by atoms with Crippen molar-refractivity contribution < 1.29 is 0 Å². The van der Waals surface area contributed by atoms with Crippen molar-refractivity contribution in [1.82, 2.24) is 5.43 Å². The number of benzene rings is 1. The SMILES string of the molecule is CC(C)c1ccccc1NNC(N)=S. The molecule has 0 fully saturated rings.